The van der Waals surface area contributed by atoms with Gasteiger partial charge in [-0.15, -0.1) is 0 Å². The van der Waals surface area contributed by atoms with Crippen molar-refractivity contribution in [3.05, 3.63) is 42.5 Å². The Morgan fingerprint density at radius 3 is 2.43 bits per heavy atom. The lowest BCUT2D eigenvalue weighted by molar-refractivity contribution is -0.167. The average molecular weight is 415 g/mol. The Hall–Kier alpha value is -3.28. The Morgan fingerprint density at radius 1 is 1.14 bits per heavy atom. The number of nitrogens with zero attached hydrogens (tertiary/aromatic N) is 1. The van der Waals surface area contributed by atoms with Crippen molar-refractivity contribution >= 4 is 33.4 Å². The Bertz CT molecular complexity index is 1070. The number of rotatable bonds is 3. The first-order chi connectivity index (χ1) is 13.0. The Labute approximate surface area is 156 Å². The molecular formula is C16H12F3N3O5S. The van der Waals surface area contributed by atoms with Crippen LogP contribution in [0.4, 0.5) is 24.5 Å². The molecule has 1 aliphatic rings. The molecule has 0 aliphatic carbocycles. The van der Waals surface area contributed by atoms with Gasteiger partial charge < -0.3 is 10.4 Å². The van der Waals surface area contributed by atoms with Gasteiger partial charge in [0.25, 0.3) is 5.91 Å². The molecule has 0 unspecified atom stereocenters. The van der Waals surface area contributed by atoms with E-state index in [-0.39, 0.29) is 11.4 Å². The second-order valence-corrected chi connectivity index (χ2v) is 7.37. The van der Waals surface area contributed by atoms with E-state index in [0.29, 0.717) is 15.4 Å². The van der Waals surface area contributed by atoms with Gasteiger partial charge in [-0.2, -0.15) is 21.6 Å². The third-order valence-corrected chi connectivity index (χ3v) is 5.17. The summed E-state index contributed by atoms with van der Waals surface area (Å²) in [6, 6.07) is 9.26. The summed E-state index contributed by atoms with van der Waals surface area (Å²) >= 11 is 0. The van der Waals surface area contributed by atoms with E-state index in [1.165, 1.54) is 42.5 Å². The van der Waals surface area contributed by atoms with Crippen molar-refractivity contribution in [3.63, 3.8) is 0 Å². The Kier molecular flexibility index (Phi) is 4.67. The third kappa shape index (κ3) is 3.86. The summed E-state index contributed by atoms with van der Waals surface area (Å²) in [7, 11) is -4.16. The third-order valence-electron chi connectivity index (χ3n) is 3.78. The summed E-state index contributed by atoms with van der Waals surface area (Å²) < 4.78 is 63.6. The molecule has 1 heterocycles. The molecule has 8 nitrogen and oxygen atoms in total. The molecule has 0 spiro atoms. The number of carbonyl (C=O) groups is 2. The molecule has 0 aromatic heterocycles. The Morgan fingerprint density at radius 2 is 1.82 bits per heavy atom. The SMILES string of the molecule is O=C1CN(c2cc(-c3cccc(NC(=O)C(F)(F)F)c3)ccc2O)S(=O)(=O)N1. The number of halogens is 3. The highest BCUT2D eigenvalue weighted by molar-refractivity contribution is 7.92. The minimum Gasteiger partial charge on any atom is -0.506 e. The zero-order valence-electron chi connectivity index (χ0n) is 13.8. The number of phenolic OH excluding ortho intramolecular Hbond substituents is 1. The van der Waals surface area contributed by atoms with Gasteiger partial charge in [-0.3, -0.25) is 9.59 Å². The largest absolute Gasteiger partial charge is 0.506 e. The average Bonchev–Trinajstić information content (AvgIpc) is 2.87. The number of hydrogen-bond donors (Lipinski definition) is 3. The van der Waals surface area contributed by atoms with E-state index in [9.17, 15) is 36.3 Å². The van der Waals surface area contributed by atoms with Crippen LogP contribution in [-0.2, 0) is 19.8 Å². The lowest BCUT2D eigenvalue weighted by Crippen LogP contribution is -2.29. The quantitative estimate of drug-likeness (QED) is 0.706. The van der Waals surface area contributed by atoms with Gasteiger partial charge in [0.2, 0.25) is 0 Å². The molecule has 0 atom stereocenters. The van der Waals surface area contributed by atoms with Crippen molar-refractivity contribution in [1.29, 1.82) is 0 Å². The maximum Gasteiger partial charge on any atom is 0.471 e. The summed E-state index contributed by atoms with van der Waals surface area (Å²) in [5.41, 5.74) is 0.378. The van der Waals surface area contributed by atoms with Crippen LogP contribution in [0.25, 0.3) is 11.1 Å². The standard InChI is InChI=1S/C16H12F3N3O5S/c17-16(18,19)15(25)20-11-3-1-2-9(6-11)10-4-5-13(23)12(7-10)22-8-14(24)21-28(22,26)27/h1-7,23H,8H2,(H,20,25)(H,21,24). The van der Waals surface area contributed by atoms with Crippen molar-refractivity contribution in [1.82, 2.24) is 4.72 Å². The minimum absolute atomic E-state index is 0.125. The summed E-state index contributed by atoms with van der Waals surface area (Å²) in [5.74, 6) is -3.32. The zero-order chi connectivity index (χ0) is 20.7. The van der Waals surface area contributed by atoms with Gasteiger partial charge in [0.15, 0.2) is 0 Å². The maximum atomic E-state index is 12.4. The first kappa shape index (κ1) is 19.5. The van der Waals surface area contributed by atoms with E-state index >= 15 is 0 Å². The van der Waals surface area contributed by atoms with Gasteiger partial charge in [-0.1, -0.05) is 18.2 Å². The number of anilines is 2. The van der Waals surface area contributed by atoms with Crippen LogP contribution in [0, 0.1) is 0 Å². The van der Waals surface area contributed by atoms with Crippen LogP contribution >= 0.6 is 0 Å². The van der Waals surface area contributed by atoms with E-state index in [1.54, 1.807) is 10.0 Å². The second kappa shape index (κ2) is 6.71. The number of aromatic hydroxyl groups is 1. The molecule has 3 N–H and O–H groups in total. The molecule has 148 valence electrons. The van der Waals surface area contributed by atoms with Gasteiger partial charge in [-0.25, -0.2) is 9.03 Å². The molecule has 0 bridgehead atoms. The van der Waals surface area contributed by atoms with Crippen LogP contribution in [-0.4, -0.2) is 38.1 Å². The molecule has 3 rings (SSSR count). The molecule has 0 radical (unpaired) electrons. The molecular weight excluding hydrogens is 403 g/mol. The fraction of sp³-hybridized carbons (Fsp3) is 0.125. The summed E-state index contributed by atoms with van der Waals surface area (Å²) in [4.78, 5) is 22.5. The van der Waals surface area contributed by atoms with Crippen molar-refractivity contribution in [2.45, 2.75) is 6.18 Å². The molecule has 2 aromatic carbocycles. The predicted octanol–water partition coefficient (Wildman–Crippen LogP) is 1.74. The van der Waals surface area contributed by atoms with Gasteiger partial charge in [-0.05, 0) is 35.4 Å². The number of phenols is 1. The van der Waals surface area contributed by atoms with E-state index in [1.807, 2.05) is 0 Å². The van der Waals surface area contributed by atoms with Gasteiger partial charge in [0.05, 0.1) is 5.69 Å². The molecule has 1 aliphatic heterocycles. The number of benzene rings is 2. The number of nitrogens with one attached hydrogen (secondary N) is 2. The molecule has 0 saturated carbocycles. The normalized spacial score (nSPS) is 16.0. The number of amides is 2. The summed E-state index contributed by atoms with van der Waals surface area (Å²) in [6.07, 6.45) is -5.05. The highest BCUT2D eigenvalue weighted by atomic mass is 32.2. The number of alkyl halides is 3. The van der Waals surface area contributed by atoms with E-state index in [0.717, 1.165) is 0 Å². The van der Waals surface area contributed by atoms with E-state index in [2.05, 4.69) is 0 Å². The number of hydrogen-bond acceptors (Lipinski definition) is 5. The molecule has 2 aromatic rings. The topological polar surface area (TPSA) is 116 Å². The molecule has 12 heteroatoms. The lowest BCUT2D eigenvalue weighted by Gasteiger charge is -2.17. The van der Waals surface area contributed by atoms with Gasteiger partial charge in [0, 0.05) is 5.69 Å². The van der Waals surface area contributed by atoms with Crippen LogP contribution in [0.5, 0.6) is 5.75 Å². The molecule has 2 amide bonds. The summed E-state index contributed by atoms with van der Waals surface area (Å²) in [6.45, 7) is -0.527. The van der Waals surface area contributed by atoms with Crippen LogP contribution in [0.1, 0.15) is 0 Å². The molecule has 28 heavy (non-hydrogen) atoms. The molecule has 1 fully saturated rings. The fourth-order valence-electron chi connectivity index (χ4n) is 2.54. The van der Waals surface area contributed by atoms with Crippen LogP contribution < -0.4 is 14.3 Å². The van der Waals surface area contributed by atoms with Crippen LogP contribution in [0.2, 0.25) is 0 Å². The fourth-order valence-corrected chi connectivity index (χ4v) is 3.70. The van der Waals surface area contributed by atoms with Crippen LogP contribution in [0.15, 0.2) is 42.5 Å². The maximum absolute atomic E-state index is 12.4. The highest BCUT2D eigenvalue weighted by Crippen LogP contribution is 2.35. The van der Waals surface area contributed by atoms with Crippen molar-refractivity contribution in [2.75, 3.05) is 16.2 Å². The Balaban J connectivity index is 1.96. The minimum atomic E-state index is -5.05. The first-order valence-electron chi connectivity index (χ1n) is 7.62. The van der Waals surface area contributed by atoms with E-state index in [4.69, 9.17) is 0 Å². The second-order valence-electron chi connectivity index (χ2n) is 5.77. The van der Waals surface area contributed by atoms with Gasteiger partial charge in [0.1, 0.15) is 12.3 Å². The highest BCUT2D eigenvalue weighted by Gasteiger charge is 2.38. The smallest absolute Gasteiger partial charge is 0.471 e. The first-order valence-corrected chi connectivity index (χ1v) is 9.06. The van der Waals surface area contributed by atoms with Crippen molar-refractivity contribution in [3.8, 4) is 16.9 Å². The number of carbonyl (C=O) groups excluding carboxylic acids is 2. The lowest BCUT2D eigenvalue weighted by atomic mass is 10.0. The van der Waals surface area contributed by atoms with Crippen LogP contribution in [0.3, 0.4) is 0 Å². The monoisotopic (exact) mass is 415 g/mol. The summed E-state index contributed by atoms with van der Waals surface area (Å²) in [5, 5.41) is 11.7. The van der Waals surface area contributed by atoms with Gasteiger partial charge >= 0.3 is 22.3 Å². The van der Waals surface area contributed by atoms with E-state index < -0.39 is 40.5 Å². The van der Waals surface area contributed by atoms with Crippen molar-refractivity contribution in [2.24, 2.45) is 0 Å². The van der Waals surface area contributed by atoms with Crippen molar-refractivity contribution < 1.29 is 36.3 Å². The predicted molar refractivity (Wildman–Crippen MR) is 92.6 cm³/mol. The zero-order valence-corrected chi connectivity index (χ0v) is 14.6. The molecule has 1 saturated heterocycles.